The molecule has 22 heavy (non-hydrogen) atoms. The van der Waals surface area contributed by atoms with E-state index in [1.807, 2.05) is 48.6 Å². The fourth-order valence-corrected chi connectivity index (χ4v) is 2.66. The zero-order valence-electron chi connectivity index (χ0n) is 12.2. The molecule has 2 unspecified atom stereocenters. The van der Waals surface area contributed by atoms with Crippen LogP contribution < -0.4 is 0 Å². The summed E-state index contributed by atoms with van der Waals surface area (Å²) in [6, 6.07) is 18.2. The highest BCUT2D eigenvalue weighted by molar-refractivity contribution is 5.75. The van der Waals surface area contributed by atoms with Crippen molar-refractivity contribution in [2.45, 2.75) is 25.0 Å². The molecule has 1 aliphatic heterocycles. The summed E-state index contributed by atoms with van der Waals surface area (Å²) in [6.45, 7) is 0. The van der Waals surface area contributed by atoms with Crippen molar-refractivity contribution in [3.05, 3.63) is 66.2 Å². The van der Waals surface area contributed by atoms with Crippen LogP contribution in [0.5, 0.6) is 0 Å². The molecular weight excluding hydrogens is 276 g/mol. The van der Waals surface area contributed by atoms with E-state index in [1.165, 1.54) is 0 Å². The molecule has 1 fully saturated rings. The van der Waals surface area contributed by atoms with Crippen molar-refractivity contribution in [2.24, 2.45) is 0 Å². The molecule has 3 heteroatoms. The minimum absolute atomic E-state index is 0.0882. The van der Waals surface area contributed by atoms with Crippen LogP contribution in [0.1, 0.15) is 18.4 Å². The second kappa shape index (κ2) is 6.58. The van der Waals surface area contributed by atoms with E-state index in [0.29, 0.717) is 6.42 Å². The van der Waals surface area contributed by atoms with Gasteiger partial charge in [0.2, 0.25) is 0 Å². The molecule has 112 valence electrons. The molecule has 2 aromatic rings. The summed E-state index contributed by atoms with van der Waals surface area (Å²) < 4.78 is 5.24. The van der Waals surface area contributed by atoms with Gasteiger partial charge >= 0.3 is 5.97 Å². The van der Waals surface area contributed by atoms with Gasteiger partial charge in [-0.1, -0.05) is 60.7 Å². The van der Waals surface area contributed by atoms with Gasteiger partial charge in [-0.15, -0.1) is 0 Å². The second-order valence-electron chi connectivity index (χ2n) is 5.43. The molecule has 0 amide bonds. The number of hydrogen-bond donors (Lipinski definition) is 1. The number of benzene rings is 2. The van der Waals surface area contributed by atoms with Crippen LogP contribution in [0.2, 0.25) is 0 Å². The number of rotatable bonds is 3. The van der Waals surface area contributed by atoms with Gasteiger partial charge in [0, 0.05) is 6.42 Å². The summed E-state index contributed by atoms with van der Waals surface area (Å²) in [6.07, 6.45) is 3.38. The van der Waals surface area contributed by atoms with Crippen LogP contribution >= 0.6 is 0 Å². The highest BCUT2D eigenvalue weighted by Crippen LogP contribution is 2.25. The molecule has 0 bridgehead atoms. The van der Waals surface area contributed by atoms with Crippen molar-refractivity contribution in [3.8, 4) is 11.1 Å². The molecule has 0 aromatic heterocycles. The molecule has 3 nitrogen and oxygen atoms in total. The number of carbonyl (C=O) groups is 1. The minimum atomic E-state index is -0.611. The van der Waals surface area contributed by atoms with Gasteiger partial charge in [-0.05, 0) is 22.8 Å². The SMILES string of the molecule is O=C1CC(O)CC(/C=C/c2ccccc2-c2ccccc2)O1. The highest BCUT2D eigenvalue weighted by atomic mass is 16.5. The summed E-state index contributed by atoms with van der Waals surface area (Å²) >= 11 is 0. The summed E-state index contributed by atoms with van der Waals surface area (Å²) in [4.78, 5) is 11.4. The zero-order valence-corrected chi connectivity index (χ0v) is 12.2. The Kier molecular flexibility index (Phi) is 4.35. The molecule has 2 atom stereocenters. The number of aliphatic hydroxyl groups excluding tert-OH is 1. The fraction of sp³-hybridized carbons (Fsp3) is 0.211. The number of esters is 1. The standard InChI is InChI=1S/C19H18O3/c20-16-12-17(22-19(21)13-16)11-10-15-8-4-5-9-18(15)14-6-2-1-3-7-14/h1-11,16-17,20H,12-13H2/b11-10+. The predicted molar refractivity (Wildman–Crippen MR) is 86.0 cm³/mol. The van der Waals surface area contributed by atoms with E-state index < -0.39 is 6.10 Å². The molecule has 0 saturated carbocycles. The first-order chi connectivity index (χ1) is 10.7. The lowest BCUT2D eigenvalue weighted by Gasteiger charge is -2.23. The third-order valence-electron chi connectivity index (χ3n) is 3.73. The van der Waals surface area contributed by atoms with E-state index in [-0.39, 0.29) is 18.5 Å². The smallest absolute Gasteiger partial charge is 0.309 e. The number of hydrogen-bond acceptors (Lipinski definition) is 3. The van der Waals surface area contributed by atoms with E-state index in [2.05, 4.69) is 18.2 Å². The average Bonchev–Trinajstić information content (AvgIpc) is 2.53. The Bertz CT molecular complexity index is 676. The van der Waals surface area contributed by atoms with E-state index >= 15 is 0 Å². The van der Waals surface area contributed by atoms with Crippen molar-refractivity contribution in [1.82, 2.24) is 0 Å². The van der Waals surface area contributed by atoms with Crippen LogP contribution in [0.3, 0.4) is 0 Å². The van der Waals surface area contributed by atoms with Gasteiger partial charge in [0.05, 0.1) is 12.5 Å². The topological polar surface area (TPSA) is 46.5 Å². The van der Waals surface area contributed by atoms with Gasteiger partial charge in [-0.25, -0.2) is 0 Å². The number of carbonyl (C=O) groups excluding carboxylic acids is 1. The van der Waals surface area contributed by atoms with Crippen molar-refractivity contribution in [2.75, 3.05) is 0 Å². The maximum absolute atomic E-state index is 11.4. The van der Waals surface area contributed by atoms with Crippen molar-refractivity contribution < 1.29 is 14.6 Å². The normalized spacial score (nSPS) is 21.8. The lowest BCUT2D eigenvalue weighted by molar-refractivity contribution is -0.156. The first-order valence-corrected chi connectivity index (χ1v) is 7.42. The van der Waals surface area contributed by atoms with Gasteiger partial charge in [-0.3, -0.25) is 4.79 Å². The molecule has 1 heterocycles. The molecule has 2 aromatic carbocycles. The maximum Gasteiger partial charge on any atom is 0.309 e. The Hall–Kier alpha value is -2.39. The van der Waals surface area contributed by atoms with Crippen LogP contribution in [0, 0.1) is 0 Å². The molecule has 1 aliphatic rings. The Labute approximate surface area is 129 Å². The quantitative estimate of drug-likeness (QED) is 0.882. The summed E-state index contributed by atoms with van der Waals surface area (Å²) in [5, 5.41) is 9.65. The summed E-state index contributed by atoms with van der Waals surface area (Å²) in [7, 11) is 0. The number of aliphatic hydroxyl groups is 1. The molecule has 0 spiro atoms. The molecule has 0 aliphatic carbocycles. The van der Waals surface area contributed by atoms with Gasteiger partial charge in [0.1, 0.15) is 6.10 Å². The van der Waals surface area contributed by atoms with Gasteiger partial charge in [0.15, 0.2) is 0 Å². The molecule has 1 saturated heterocycles. The van der Waals surface area contributed by atoms with Crippen LogP contribution in [0.25, 0.3) is 17.2 Å². The monoisotopic (exact) mass is 294 g/mol. The first-order valence-electron chi connectivity index (χ1n) is 7.42. The maximum atomic E-state index is 11.4. The second-order valence-corrected chi connectivity index (χ2v) is 5.43. The molecule has 3 rings (SSSR count). The molecule has 0 radical (unpaired) electrons. The third-order valence-corrected chi connectivity index (χ3v) is 3.73. The van der Waals surface area contributed by atoms with E-state index in [0.717, 1.165) is 16.7 Å². The Balaban J connectivity index is 1.84. The molecule has 1 N–H and O–H groups in total. The lowest BCUT2D eigenvalue weighted by Crippen LogP contribution is -2.31. The summed E-state index contributed by atoms with van der Waals surface area (Å²) in [5.74, 6) is -0.343. The van der Waals surface area contributed by atoms with Crippen LogP contribution in [0.15, 0.2) is 60.7 Å². The Morgan fingerprint density at radius 1 is 1.05 bits per heavy atom. The zero-order chi connectivity index (χ0) is 15.4. The predicted octanol–water partition coefficient (Wildman–Crippen LogP) is 3.43. The first kappa shape index (κ1) is 14.5. The Morgan fingerprint density at radius 3 is 2.55 bits per heavy atom. The number of ether oxygens (including phenoxy) is 1. The molecular formula is C19H18O3. The van der Waals surface area contributed by atoms with Crippen molar-refractivity contribution in [3.63, 3.8) is 0 Å². The summed E-state index contributed by atoms with van der Waals surface area (Å²) in [5.41, 5.74) is 3.33. The van der Waals surface area contributed by atoms with Crippen LogP contribution in [-0.4, -0.2) is 23.3 Å². The highest BCUT2D eigenvalue weighted by Gasteiger charge is 2.25. The lowest BCUT2D eigenvalue weighted by atomic mass is 9.98. The fourth-order valence-electron chi connectivity index (χ4n) is 2.66. The number of cyclic esters (lactones) is 1. The van der Waals surface area contributed by atoms with E-state index in [1.54, 1.807) is 0 Å². The average molecular weight is 294 g/mol. The van der Waals surface area contributed by atoms with Gasteiger partial charge < -0.3 is 9.84 Å². The van der Waals surface area contributed by atoms with Gasteiger partial charge in [-0.2, -0.15) is 0 Å². The van der Waals surface area contributed by atoms with E-state index in [4.69, 9.17) is 4.74 Å². The minimum Gasteiger partial charge on any atom is -0.458 e. The third kappa shape index (κ3) is 3.43. The van der Waals surface area contributed by atoms with Crippen LogP contribution in [0.4, 0.5) is 0 Å². The van der Waals surface area contributed by atoms with Gasteiger partial charge in [0.25, 0.3) is 0 Å². The van der Waals surface area contributed by atoms with Crippen molar-refractivity contribution in [1.29, 1.82) is 0 Å². The largest absolute Gasteiger partial charge is 0.458 e. The van der Waals surface area contributed by atoms with E-state index in [9.17, 15) is 9.90 Å². The van der Waals surface area contributed by atoms with Crippen LogP contribution in [-0.2, 0) is 9.53 Å². The van der Waals surface area contributed by atoms with Crippen molar-refractivity contribution >= 4 is 12.0 Å². The Morgan fingerprint density at radius 2 is 1.77 bits per heavy atom.